The van der Waals surface area contributed by atoms with Crippen LogP contribution in [0.15, 0.2) is 53.7 Å². The average molecular weight is 616 g/mol. The number of fused-ring (bicyclic) bond motifs is 2. The number of ether oxygens (including phenoxy) is 2. The van der Waals surface area contributed by atoms with Crippen LogP contribution >= 0.6 is 10.2 Å². The Labute approximate surface area is 239 Å². The number of nitrogens with one attached hydrogen (secondary N) is 1. The second-order valence-corrected chi connectivity index (χ2v) is 13.3. The number of halogens is 5. The van der Waals surface area contributed by atoms with Gasteiger partial charge in [0.1, 0.15) is 17.0 Å². The van der Waals surface area contributed by atoms with E-state index in [1.807, 2.05) is 6.19 Å². The molecule has 3 saturated heterocycles. The number of likely N-dealkylation sites (tertiary alicyclic amines) is 1. The fourth-order valence-corrected chi connectivity index (χ4v) is 6.60. The third kappa shape index (κ3) is 6.30. The number of methoxy groups -OCH3 is 1. The van der Waals surface area contributed by atoms with E-state index >= 15 is 0 Å². The summed E-state index contributed by atoms with van der Waals surface area (Å²) in [6, 6.07) is 2.06. The van der Waals surface area contributed by atoms with Crippen LogP contribution in [-0.4, -0.2) is 65.7 Å². The van der Waals surface area contributed by atoms with Gasteiger partial charge in [0.25, 0.3) is 5.91 Å². The molecule has 0 aliphatic carbocycles. The zero-order chi connectivity index (χ0) is 30.3. The van der Waals surface area contributed by atoms with Crippen molar-refractivity contribution in [3.8, 4) is 6.19 Å². The molecule has 0 spiro atoms. The number of hydrogen-bond acceptors (Lipinski definition) is 7. The van der Waals surface area contributed by atoms with Crippen molar-refractivity contribution in [1.29, 1.82) is 5.26 Å². The Morgan fingerprint density at radius 1 is 1.12 bits per heavy atom. The lowest BCUT2D eigenvalue weighted by atomic mass is 10.00. The first-order valence-corrected chi connectivity index (χ1v) is 15.3. The Kier molecular flexibility index (Phi) is 7.39. The van der Waals surface area contributed by atoms with Crippen LogP contribution < -0.4 is 10.2 Å². The maximum atomic E-state index is 14.2. The van der Waals surface area contributed by atoms with E-state index in [1.54, 1.807) is 0 Å². The normalized spacial score (nSPS) is 27.8. The number of carbonyl (C=O) groups excluding carboxylic acids is 2. The van der Waals surface area contributed by atoms with E-state index in [0.29, 0.717) is 12.8 Å². The number of nitriles is 1. The van der Waals surface area contributed by atoms with Crippen molar-refractivity contribution in [2.24, 2.45) is 0 Å². The van der Waals surface area contributed by atoms with Crippen LogP contribution in [-0.2, 0) is 19.1 Å². The van der Waals surface area contributed by atoms with Crippen molar-refractivity contribution >= 4 is 27.7 Å². The van der Waals surface area contributed by atoms with Gasteiger partial charge in [-0.1, -0.05) is 25.5 Å². The zero-order valence-corrected chi connectivity index (χ0v) is 23.4. The summed E-state index contributed by atoms with van der Waals surface area (Å²) in [5.41, 5.74) is 0.000347. The summed E-state index contributed by atoms with van der Waals surface area (Å²) < 4.78 is 78.8. The molecule has 4 heterocycles. The molecule has 2 aromatic rings. The van der Waals surface area contributed by atoms with Crippen LogP contribution in [0.25, 0.3) is 0 Å². The van der Waals surface area contributed by atoms with Gasteiger partial charge in [0.05, 0.1) is 24.9 Å². The molecule has 2 amide bonds. The predicted octanol–water partition coefficient (Wildman–Crippen LogP) is 5.21. The molecule has 5 unspecified atom stereocenters. The molecule has 42 heavy (non-hydrogen) atoms. The Hall–Kier alpha value is -3.48. The van der Waals surface area contributed by atoms with Crippen molar-refractivity contribution in [3.05, 3.63) is 54.4 Å². The first kappa shape index (κ1) is 30.0. The minimum Gasteiger partial charge on any atom is -0.379 e. The number of benzene rings is 1. The van der Waals surface area contributed by atoms with Gasteiger partial charge in [-0.2, -0.15) is 5.26 Å². The van der Waals surface area contributed by atoms with Crippen LogP contribution in [0.2, 0.25) is 0 Å². The van der Waals surface area contributed by atoms with Gasteiger partial charge in [-0.15, -0.1) is 0 Å². The SMILES string of the molecule is COC1CC(C(=O)N(c2ccc(S(F)(F)(F)(F)F)cc2)C(C(=O)NC2CC3CCC(C2)O3)c2cccnc2)N(C#N)C1. The van der Waals surface area contributed by atoms with Crippen molar-refractivity contribution in [2.75, 3.05) is 18.6 Å². The topological polar surface area (TPSA) is 108 Å². The van der Waals surface area contributed by atoms with Crippen LogP contribution in [0.1, 0.15) is 43.7 Å². The van der Waals surface area contributed by atoms with E-state index < -0.39 is 45.1 Å². The summed E-state index contributed by atoms with van der Waals surface area (Å²) >= 11 is 0. The molecule has 2 bridgehead atoms. The van der Waals surface area contributed by atoms with Gasteiger partial charge in [0.2, 0.25) is 5.91 Å². The van der Waals surface area contributed by atoms with Crippen LogP contribution in [0.4, 0.5) is 25.1 Å². The monoisotopic (exact) mass is 615 g/mol. The first-order chi connectivity index (χ1) is 19.7. The largest absolute Gasteiger partial charge is 0.379 e. The predicted molar refractivity (Wildman–Crippen MR) is 143 cm³/mol. The minimum atomic E-state index is -10.0. The number of hydrogen-bond donors (Lipinski definition) is 1. The molecule has 9 nitrogen and oxygen atoms in total. The van der Waals surface area contributed by atoms with Gasteiger partial charge in [-0.05, 0) is 56.0 Å². The Morgan fingerprint density at radius 3 is 2.33 bits per heavy atom. The van der Waals surface area contributed by atoms with Crippen LogP contribution in [0.3, 0.4) is 0 Å². The maximum Gasteiger partial charge on any atom is 0.310 e. The fraction of sp³-hybridized carbons (Fsp3) is 0.481. The maximum absolute atomic E-state index is 14.2. The second-order valence-electron chi connectivity index (χ2n) is 10.9. The number of anilines is 1. The molecule has 5 rings (SSSR count). The molecule has 3 fully saturated rings. The number of carbonyl (C=O) groups is 2. The molecule has 3 aliphatic heterocycles. The average Bonchev–Trinajstić information content (AvgIpc) is 3.52. The summed E-state index contributed by atoms with van der Waals surface area (Å²) in [6.45, 7) is 0.0784. The van der Waals surface area contributed by atoms with Gasteiger partial charge in [0, 0.05) is 43.2 Å². The van der Waals surface area contributed by atoms with E-state index in [-0.39, 0.29) is 54.6 Å². The Bertz CT molecular complexity index is 1370. The highest BCUT2D eigenvalue weighted by Gasteiger charge is 2.65. The van der Waals surface area contributed by atoms with Crippen molar-refractivity contribution < 1.29 is 38.5 Å². The lowest BCUT2D eigenvalue weighted by Crippen LogP contribution is -2.52. The molecule has 15 heteroatoms. The molecule has 1 aromatic carbocycles. The third-order valence-corrected chi connectivity index (χ3v) is 9.11. The van der Waals surface area contributed by atoms with Gasteiger partial charge in [-0.25, -0.2) is 0 Å². The highest BCUT2D eigenvalue weighted by atomic mass is 32.5. The van der Waals surface area contributed by atoms with E-state index in [2.05, 4.69) is 10.3 Å². The van der Waals surface area contributed by atoms with E-state index in [0.717, 1.165) is 29.9 Å². The van der Waals surface area contributed by atoms with E-state index in [1.165, 1.54) is 36.5 Å². The van der Waals surface area contributed by atoms with Gasteiger partial charge < -0.3 is 14.8 Å². The van der Waals surface area contributed by atoms with Gasteiger partial charge in [-0.3, -0.25) is 24.4 Å². The highest BCUT2D eigenvalue weighted by molar-refractivity contribution is 8.45. The summed E-state index contributed by atoms with van der Waals surface area (Å²) in [5, 5.41) is 12.7. The number of rotatable bonds is 8. The minimum absolute atomic E-state index is 0.0169. The molecule has 3 aliphatic rings. The Balaban J connectivity index is 1.57. The number of amides is 2. The standard InChI is InChI=1S/C27H30F5N5O4S/c1-40-22-13-24(36(15-22)16-33)27(39)37(19-4-8-23(9-5-19)42(28,29,30,31)32)25(17-3-2-10-34-14-17)26(38)35-18-11-20-6-7-21(12-18)41-20/h2-5,8-10,14,18,20-22,24-25H,6-7,11-13,15H2,1H3,(H,35,38). The lowest BCUT2D eigenvalue weighted by molar-refractivity contribution is -0.129. The van der Waals surface area contributed by atoms with Crippen molar-refractivity contribution in [3.63, 3.8) is 0 Å². The fourth-order valence-electron chi connectivity index (χ4n) is 5.95. The smallest absolute Gasteiger partial charge is 0.310 e. The lowest BCUT2D eigenvalue weighted by Gasteiger charge is -2.41. The number of aromatic nitrogens is 1. The Morgan fingerprint density at radius 2 is 1.79 bits per heavy atom. The van der Waals surface area contributed by atoms with E-state index in [9.17, 15) is 34.3 Å². The summed E-state index contributed by atoms with van der Waals surface area (Å²) in [7, 11) is -8.61. The molecule has 0 radical (unpaired) electrons. The van der Waals surface area contributed by atoms with Crippen LogP contribution in [0, 0.1) is 11.5 Å². The third-order valence-electron chi connectivity index (χ3n) is 7.95. The number of nitrogens with zero attached hydrogens (tertiary/aromatic N) is 4. The summed E-state index contributed by atoms with van der Waals surface area (Å²) in [4.78, 5) is 32.3. The molecule has 1 N–H and O–H groups in total. The summed E-state index contributed by atoms with van der Waals surface area (Å²) in [5.74, 6) is -1.42. The first-order valence-electron chi connectivity index (χ1n) is 13.4. The molecule has 5 atom stereocenters. The molecular formula is C27H30F5N5O4S. The second kappa shape index (κ2) is 10.4. The van der Waals surface area contributed by atoms with Gasteiger partial charge in [0.15, 0.2) is 6.19 Å². The molecule has 1 aromatic heterocycles. The quantitative estimate of drug-likeness (QED) is 0.321. The van der Waals surface area contributed by atoms with Gasteiger partial charge >= 0.3 is 10.2 Å². The summed E-state index contributed by atoms with van der Waals surface area (Å²) in [6.07, 6.45) is 7.07. The van der Waals surface area contributed by atoms with E-state index in [4.69, 9.17) is 9.47 Å². The highest BCUT2D eigenvalue weighted by Crippen LogP contribution is 3.02. The van der Waals surface area contributed by atoms with Crippen molar-refractivity contribution in [2.45, 2.75) is 73.4 Å². The zero-order valence-electron chi connectivity index (χ0n) is 22.5. The molecule has 228 valence electrons. The molecular weight excluding hydrogens is 585 g/mol. The molecule has 0 saturated carbocycles. The van der Waals surface area contributed by atoms with Crippen molar-refractivity contribution in [1.82, 2.24) is 15.2 Å². The van der Waals surface area contributed by atoms with Crippen LogP contribution in [0.5, 0.6) is 0 Å². The number of pyridine rings is 1.